The molecule has 1 rings (SSSR count). The SMILES string of the molecule is COc1cc(S(=O)(=O)O)ccc1[S]. The Balaban J connectivity index is 3.30. The monoisotopic (exact) mass is 219 g/mol. The van der Waals surface area contributed by atoms with Crippen molar-refractivity contribution in [3.63, 3.8) is 0 Å². The van der Waals surface area contributed by atoms with Gasteiger partial charge in [-0.15, -0.1) is 0 Å². The normalized spacial score (nSPS) is 11.2. The van der Waals surface area contributed by atoms with Gasteiger partial charge in [-0.05, 0) is 12.1 Å². The van der Waals surface area contributed by atoms with Gasteiger partial charge >= 0.3 is 0 Å². The van der Waals surface area contributed by atoms with Crippen molar-refractivity contribution < 1.29 is 17.7 Å². The highest BCUT2D eigenvalue weighted by molar-refractivity contribution is 7.85. The van der Waals surface area contributed by atoms with Crippen LogP contribution in [0.3, 0.4) is 0 Å². The van der Waals surface area contributed by atoms with E-state index in [0.29, 0.717) is 4.90 Å². The molecular weight excluding hydrogens is 212 g/mol. The number of rotatable bonds is 2. The second-order valence-electron chi connectivity index (χ2n) is 2.29. The van der Waals surface area contributed by atoms with Crippen molar-refractivity contribution in [1.82, 2.24) is 0 Å². The van der Waals surface area contributed by atoms with E-state index in [1.165, 1.54) is 25.3 Å². The van der Waals surface area contributed by atoms with E-state index in [1.54, 1.807) is 0 Å². The van der Waals surface area contributed by atoms with Crippen LogP contribution in [0.1, 0.15) is 0 Å². The summed E-state index contributed by atoms with van der Waals surface area (Å²) in [5, 5.41) is 0. The summed E-state index contributed by atoms with van der Waals surface area (Å²) in [6.07, 6.45) is 0. The average molecular weight is 219 g/mol. The van der Waals surface area contributed by atoms with Gasteiger partial charge in [-0.25, -0.2) is 0 Å². The molecule has 0 aliphatic carbocycles. The average Bonchev–Trinajstić information content (AvgIpc) is 2.03. The van der Waals surface area contributed by atoms with E-state index in [-0.39, 0.29) is 10.6 Å². The zero-order valence-electron chi connectivity index (χ0n) is 6.72. The van der Waals surface area contributed by atoms with E-state index in [9.17, 15) is 8.42 Å². The van der Waals surface area contributed by atoms with Crippen molar-refractivity contribution in [1.29, 1.82) is 0 Å². The summed E-state index contributed by atoms with van der Waals surface area (Å²) in [5.41, 5.74) is 0. The van der Waals surface area contributed by atoms with Gasteiger partial charge in [0.2, 0.25) is 0 Å². The molecule has 0 spiro atoms. The molecule has 0 saturated carbocycles. The highest BCUT2D eigenvalue weighted by Gasteiger charge is 2.11. The Bertz CT molecular complexity index is 411. The van der Waals surface area contributed by atoms with Gasteiger partial charge in [0.25, 0.3) is 10.1 Å². The Kier molecular flexibility index (Phi) is 2.74. The lowest BCUT2D eigenvalue weighted by Gasteiger charge is -2.03. The Hall–Kier alpha value is -0.850. The molecular formula is C7H7O4S2. The molecule has 0 aliphatic rings. The van der Waals surface area contributed by atoms with E-state index in [1.807, 2.05) is 0 Å². The third kappa shape index (κ3) is 2.30. The van der Waals surface area contributed by atoms with Crippen molar-refractivity contribution in [2.75, 3.05) is 7.11 Å². The molecule has 0 atom stereocenters. The maximum atomic E-state index is 10.7. The first-order valence-corrected chi connectivity index (χ1v) is 5.12. The molecule has 0 unspecified atom stereocenters. The van der Waals surface area contributed by atoms with Gasteiger partial charge in [0.15, 0.2) is 0 Å². The van der Waals surface area contributed by atoms with Gasteiger partial charge in [-0.2, -0.15) is 8.42 Å². The lowest BCUT2D eigenvalue weighted by atomic mass is 10.3. The fourth-order valence-electron chi connectivity index (χ4n) is 0.808. The lowest BCUT2D eigenvalue weighted by molar-refractivity contribution is 0.402. The van der Waals surface area contributed by atoms with E-state index < -0.39 is 10.1 Å². The number of hydrogen-bond acceptors (Lipinski definition) is 3. The van der Waals surface area contributed by atoms with Crippen molar-refractivity contribution in [3.05, 3.63) is 18.2 Å². The summed E-state index contributed by atoms with van der Waals surface area (Å²) in [6.45, 7) is 0. The van der Waals surface area contributed by atoms with Crippen LogP contribution in [0.15, 0.2) is 28.0 Å². The van der Waals surface area contributed by atoms with E-state index in [0.717, 1.165) is 0 Å². The minimum atomic E-state index is -4.18. The predicted octanol–water partition coefficient (Wildman–Crippen LogP) is 1.50. The largest absolute Gasteiger partial charge is 0.495 e. The number of hydrogen-bond donors (Lipinski definition) is 1. The summed E-state index contributed by atoms with van der Waals surface area (Å²) in [6, 6.07) is 3.79. The van der Waals surface area contributed by atoms with Crippen LogP contribution in [-0.2, 0) is 10.1 Å². The first-order chi connectivity index (χ1) is 5.95. The molecule has 1 aromatic carbocycles. The van der Waals surface area contributed by atoms with Crippen LogP contribution in [0.2, 0.25) is 0 Å². The van der Waals surface area contributed by atoms with Crippen LogP contribution < -0.4 is 4.74 Å². The number of methoxy groups -OCH3 is 1. The molecule has 4 nitrogen and oxygen atoms in total. The fourth-order valence-corrected chi connectivity index (χ4v) is 1.51. The maximum Gasteiger partial charge on any atom is 0.294 e. The summed E-state index contributed by atoms with van der Waals surface area (Å²) >= 11 is 4.83. The predicted molar refractivity (Wildman–Crippen MR) is 48.7 cm³/mol. The van der Waals surface area contributed by atoms with Crippen LogP contribution in [-0.4, -0.2) is 20.1 Å². The molecule has 13 heavy (non-hydrogen) atoms. The zero-order chi connectivity index (χ0) is 10.1. The van der Waals surface area contributed by atoms with Crippen LogP contribution in [0.5, 0.6) is 5.75 Å². The van der Waals surface area contributed by atoms with Crippen molar-refractivity contribution in [3.8, 4) is 5.75 Å². The van der Waals surface area contributed by atoms with Gasteiger partial charge in [0.1, 0.15) is 5.75 Å². The summed E-state index contributed by atoms with van der Waals surface area (Å²) in [7, 11) is -2.80. The molecule has 0 amide bonds. The molecule has 1 radical (unpaired) electrons. The second kappa shape index (κ2) is 3.49. The Labute approximate surface area is 81.7 Å². The fraction of sp³-hybridized carbons (Fsp3) is 0.143. The smallest absolute Gasteiger partial charge is 0.294 e. The van der Waals surface area contributed by atoms with Crippen molar-refractivity contribution in [2.24, 2.45) is 0 Å². The van der Waals surface area contributed by atoms with Crippen LogP contribution >= 0.6 is 12.6 Å². The van der Waals surface area contributed by atoms with Gasteiger partial charge in [0, 0.05) is 6.07 Å². The van der Waals surface area contributed by atoms with Crippen molar-refractivity contribution in [2.45, 2.75) is 9.79 Å². The molecule has 71 valence electrons. The molecule has 0 bridgehead atoms. The highest BCUT2D eigenvalue weighted by Crippen LogP contribution is 2.25. The standard InChI is InChI=1S/C7H7O4S2/c1-11-6-4-5(13(8,9)10)2-3-7(6)12/h2-4H,1H3,(H,8,9,10). The summed E-state index contributed by atoms with van der Waals surface area (Å²) in [4.78, 5) is 0.174. The number of benzene rings is 1. The molecule has 1 N–H and O–H groups in total. The third-order valence-electron chi connectivity index (χ3n) is 1.43. The Morgan fingerprint density at radius 3 is 2.54 bits per heavy atom. The zero-order valence-corrected chi connectivity index (χ0v) is 8.35. The molecule has 0 saturated heterocycles. The van der Waals surface area contributed by atoms with Gasteiger partial charge in [-0.1, -0.05) is 12.6 Å². The maximum absolute atomic E-state index is 10.7. The van der Waals surface area contributed by atoms with Crippen LogP contribution in [0.4, 0.5) is 0 Å². The van der Waals surface area contributed by atoms with E-state index in [4.69, 9.17) is 21.9 Å². The molecule has 0 aromatic heterocycles. The van der Waals surface area contributed by atoms with Gasteiger partial charge in [-0.3, -0.25) is 4.55 Å². The van der Waals surface area contributed by atoms with Crippen molar-refractivity contribution >= 4 is 22.7 Å². The summed E-state index contributed by atoms with van der Waals surface area (Å²) in [5.74, 6) is 0.255. The van der Waals surface area contributed by atoms with Crippen LogP contribution in [0.25, 0.3) is 0 Å². The van der Waals surface area contributed by atoms with E-state index >= 15 is 0 Å². The first-order valence-electron chi connectivity index (χ1n) is 3.27. The van der Waals surface area contributed by atoms with Crippen LogP contribution in [0, 0.1) is 0 Å². The quantitative estimate of drug-likeness (QED) is 0.765. The molecule has 0 heterocycles. The Morgan fingerprint density at radius 1 is 1.46 bits per heavy atom. The lowest BCUT2D eigenvalue weighted by Crippen LogP contribution is -1.98. The first kappa shape index (κ1) is 10.2. The minimum absolute atomic E-state index is 0.224. The molecule has 0 fully saturated rings. The van der Waals surface area contributed by atoms with Gasteiger partial charge in [0.05, 0.1) is 16.9 Å². The minimum Gasteiger partial charge on any atom is -0.495 e. The molecule has 0 aliphatic heterocycles. The van der Waals surface area contributed by atoms with Gasteiger partial charge < -0.3 is 4.74 Å². The molecule has 1 aromatic rings. The topological polar surface area (TPSA) is 63.6 Å². The molecule has 6 heteroatoms. The highest BCUT2D eigenvalue weighted by atomic mass is 32.2. The Morgan fingerprint density at radius 2 is 2.08 bits per heavy atom. The van der Waals surface area contributed by atoms with E-state index in [2.05, 4.69) is 0 Å². The second-order valence-corrected chi connectivity index (χ2v) is 4.15. The third-order valence-corrected chi connectivity index (χ3v) is 2.62. The number of ether oxygens (including phenoxy) is 1. The summed E-state index contributed by atoms with van der Waals surface area (Å²) < 4.78 is 34.8.